The van der Waals surface area contributed by atoms with Crippen molar-refractivity contribution in [3.63, 3.8) is 0 Å². The van der Waals surface area contributed by atoms with Crippen LogP contribution < -0.4 is 15.4 Å². The molecular weight excluding hydrogens is 506 g/mol. The first-order valence-corrected chi connectivity index (χ1v) is 13.6. The van der Waals surface area contributed by atoms with Crippen LogP contribution in [-0.2, 0) is 5.41 Å². The fourth-order valence-electron chi connectivity index (χ4n) is 4.90. The Morgan fingerprint density at radius 1 is 1.02 bits per heavy atom. The Hall–Kier alpha value is -4.34. The quantitative estimate of drug-likeness (QED) is 0.290. The molecule has 1 aliphatic carbocycles. The average Bonchev–Trinajstić information content (AvgIpc) is 3.33. The number of anilines is 1. The molecule has 1 aromatic carbocycles. The molecule has 10 nitrogen and oxygen atoms in total. The minimum absolute atomic E-state index is 0.0795. The van der Waals surface area contributed by atoms with E-state index in [9.17, 15) is 9.59 Å². The summed E-state index contributed by atoms with van der Waals surface area (Å²) in [6, 6.07) is 12.9. The van der Waals surface area contributed by atoms with Gasteiger partial charge in [-0.15, -0.1) is 10.2 Å². The molecule has 0 saturated heterocycles. The number of fused-ring (bicyclic) bond motifs is 2. The summed E-state index contributed by atoms with van der Waals surface area (Å²) < 4.78 is 8.44. The Balaban J connectivity index is 1.33. The normalized spacial score (nSPS) is 17.0. The number of ketones is 1. The van der Waals surface area contributed by atoms with E-state index in [2.05, 4.69) is 44.6 Å². The number of benzene rings is 1. The molecule has 2 amide bonds. The van der Waals surface area contributed by atoms with Crippen molar-refractivity contribution in [2.45, 2.75) is 77.9 Å². The number of hydrogen-bond donors (Lipinski definition) is 2. The SMILES string of the molecule is CC(=O)c1nc(NC(=O)N[C@H]2CC[C@@H](Oc3ccc4nnc(C(C)C)n4c3)c3ccccc32)cc(C(C)(C)C)n1. The highest BCUT2D eigenvalue weighted by Crippen LogP contribution is 2.39. The number of hydrogen-bond acceptors (Lipinski definition) is 7. The fraction of sp³-hybridized carbons (Fsp3) is 0.400. The summed E-state index contributed by atoms with van der Waals surface area (Å²) in [5, 5.41) is 14.4. The monoisotopic (exact) mass is 541 g/mol. The van der Waals surface area contributed by atoms with Crippen LogP contribution in [0, 0.1) is 0 Å². The third kappa shape index (κ3) is 5.66. The first kappa shape index (κ1) is 27.2. The van der Waals surface area contributed by atoms with Crippen molar-refractivity contribution in [1.29, 1.82) is 0 Å². The summed E-state index contributed by atoms with van der Waals surface area (Å²) in [4.78, 5) is 33.7. The predicted molar refractivity (Wildman–Crippen MR) is 152 cm³/mol. The van der Waals surface area contributed by atoms with E-state index in [1.807, 2.05) is 67.8 Å². The molecule has 0 spiro atoms. The molecular formula is C30H35N7O3. The van der Waals surface area contributed by atoms with Gasteiger partial charge in [0, 0.05) is 24.3 Å². The van der Waals surface area contributed by atoms with Crippen molar-refractivity contribution >= 4 is 23.3 Å². The number of carbonyl (C=O) groups excluding carboxylic acids is 2. The number of Topliss-reactive ketones (excluding diaryl/α,β-unsaturated/α-hetero) is 1. The van der Waals surface area contributed by atoms with E-state index in [0.717, 1.165) is 34.8 Å². The molecule has 3 heterocycles. The molecule has 0 radical (unpaired) electrons. The van der Waals surface area contributed by atoms with Crippen LogP contribution >= 0.6 is 0 Å². The van der Waals surface area contributed by atoms with Gasteiger partial charge in [0.2, 0.25) is 0 Å². The lowest BCUT2D eigenvalue weighted by atomic mass is 9.85. The van der Waals surface area contributed by atoms with E-state index in [4.69, 9.17) is 4.74 Å². The Labute approximate surface area is 233 Å². The van der Waals surface area contributed by atoms with Crippen LogP contribution in [0.1, 0.15) is 106 Å². The van der Waals surface area contributed by atoms with Crippen molar-refractivity contribution in [2.24, 2.45) is 0 Å². The molecule has 2 N–H and O–H groups in total. The van der Waals surface area contributed by atoms with Crippen molar-refractivity contribution in [3.05, 3.63) is 77.1 Å². The van der Waals surface area contributed by atoms with Crippen LogP contribution in [0.4, 0.5) is 10.6 Å². The van der Waals surface area contributed by atoms with Crippen LogP contribution in [-0.4, -0.2) is 36.4 Å². The maximum atomic E-state index is 13.1. The van der Waals surface area contributed by atoms with E-state index < -0.39 is 6.03 Å². The number of urea groups is 1. The van der Waals surface area contributed by atoms with Crippen molar-refractivity contribution in [1.82, 2.24) is 29.9 Å². The van der Waals surface area contributed by atoms with Gasteiger partial charge < -0.3 is 10.1 Å². The van der Waals surface area contributed by atoms with Gasteiger partial charge in [-0.05, 0) is 36.1 Å². The number of ether oxygens (including phenoxy) is 1. The summed E-state index contributed by atoms with van der Waals surface area (Å²) in [6.45, 7) is 11.6. The van der Waals surface area contributed by atoms with E-state index in [1.54, 1.807) is 6.07 Å². The first-order chi connectivity index (χ1) is 19.0. The highest BCUT2D eigenvalue weighted by atomic mass is 16.5. The highest BCUT2D eigenvalue weighted by Gasteiger charge is 2.30. The zero-order chi connectivity index (χ0) is 28.6. The minimum Gasteiger partial charge on any atom is -0.484 e. The maximum Gasteiger partial charge on any atom is 0.320 e. The van der Waals surface area contributed by atoms with Crippen molar-refractivity contribution < 1.29 is 14.3 Å². The molecule has 208 valence electrons. The molecule has 10 heteroatoms. The van der Waals surface area contributed by atoms with E-state index >= 15 is 0 Å². The number of aromatic nitrogens is 5. The summed E-state index contributed by atoms with van der Waals surface area (Å²) >= 11 is 0. The topological polar surface area (TPSA) is 123 Å². The van der Waals surface area contributed by atoms with E-state index in [1.165, 1.54) is 6.92 Å². The number of nitrogens with one attached hydrogen (secondary N) is 2. The molecule has 5 rings (SSSR count). The number of amides is 2. The Morgan fingerprint density at radius 2 is 1.77 bits per heavy atom. The van der Waals surface area contributed by atoms with Gasteiger partial charge in [0.25, 0.3) is 0 Å². The standard InChI is InChI=1S/C30H35N7O3/c1-17(2)28-36-35-26-14-11-19(16-37(26)28)40-23-13-12-22(20-9-7-8-10-21(20)23)31-29(39)34-25-15-24(30(4,5)6)32-27(33-25)18(3)38/h7-11,14-17,22-23H,12-13H2,1-6H3,(H2,31,32,33,34,39)/t22-,23+/m0/s1. The lowest BCUT2D eigenvalue weighted by Crippen LogP contribution is -2.36. The minimum atomic E-state index is -0.397. The number of carbonyl (C=O) groups is 2. The number of nitrogens with zero attached hydrogens (tertiary/aromatic N) is 5. The van der Waals surface area contributed by atoms with Crippen molar-refractivity contribution in [2.75, 3.05) is 5.32 Å². The summed E-state index contributed by atoms with van der Waals surface area (Å²) in [7, 11) is 0. The van der Waals surface area contributed by atoms with Gasteiger partial charge >= 0.3 is 6.03 Å². The molecule has 0 aliphatic heterocycles. The predicted octanol–water partition coefficient (Wildman–Crippen LogP) is 5.92. The van der Waals surface area contributed by atoms with E-state index in [0.29, 0.717) is 12.1 Å². The lowest BCUT2D eigenvalue weighted by molar-refractivity contribution is 0.100. The van der Waals surface area contributed by atoms with Crippen LogP contribution in [0.2, 0.25) is 0 Å². The second kappa shape index (κ2) is 10.7. The third-order valence-electron chi connectivity index (χ3n) is 6.99. The Morgan fingerprint density at radius 3 is 2.48 bits per heavy atom. The molecule has 0 fully saturated rings. The Kier molecular flexibility index (Phi) is 7.27. The Bertz CT molecular complexity index is 1570. The van der Waals surface area contributed by atoms with Crippen LogP contribution in [0.25, 0.3) is 5.65 Å². The summed E-state index contributed by atoms with van der Waals surface area (Å²) in [5.41, 5.74) is 3.18. The molecule has 40 heavy (non-hydrogen) atoms. The van der Waals surface area contributed by atoms with Crippen LogP contribution in [0.15, 0.2) is 48.7 Å². The second-order valence-electron chi connectivity index (χ2n) is 11.5. The van der Waals surface area contributed by atoms with Gasteiger partial charge in [0.15, 0.2) is 17.3 Å². The number of pyridine rings is 1. The zero-order valence-corrected chi connectivity index (χ0v) is 23.7. The first-order valence-electron chi connectivity index (χ1n) is 13.6. The van der Waals surface area contributed by atoms with Gasteiger partial charge in [-0.1, -0.05) is 58.9 Å². The molecule has 3 aromatic heterocycles. The summed E-state index contributed by atoms with van der Waals surface area (Å²) in [5.74, 6) is 1.96. The lowest BCUT2D eigenvalue weighted by Gasteiger charge is -2.32. The number of rotatable bonds is 6. The molecule has 1 aliphatic rings. The smallest absolute Gasteiger partial charge is 0.320 e. The van der Waals surface area contributed by atoms with Crippen LogP contribution in [0.3, 0.4) is 0 Å². The largest absolute Gasteiger partial charge is 0.484 e. The second-order valence-corrected chi connectivity index (χ2v) is 11.5. The van der Waals surface area contributed by atoms with Gasteiger partial charge in [-0.25, -0.2) is 14.8 Å². The third-order valence-corrected chi connectivity index (χ3v) is 6.99. The maximum absolute atomic E-state index is 13.1. The van der Waals surface area contributed by atoms with E-state index in [-0.39, 0.29) is 40.9 Å². The summed E-state index contributed by atoms with van der Waals surface area (Å²) in [6.07, 6.45) is 3.18. The van der Waals surface area contributed by atoms with Gasteiger partial charge in [-0.3, -0.25) is 14.5 Å². The molecule has 0 saturated carbocycles. The van der Waals surface area contributed by atoms with Gasteiger partial charge in [-0.2, -0.15) is 0 Å². The average molecular weight is 542 g/mol. The molecule has 0 unspecified atom stereocenters. The molecule has 4 aromatic rings. The highest BCUT2D eigenvalue weighted by molar-refractivity contribution is 5.92. The van der Waals surface area contributed by atoms with Crippen molar-refractivity contribution in [3.8, 4) is 5.75 Å². The molecule has 0 bridgehead atoms. The fourth-order valence-corrected chi connectivity index (χ4v) is 4.90. The van der Waals surface area contributed by atoms with Crippen LogP contribution in [0.5, 0.6) is 5.75 Å². The zero-order valence-electron chi connectivity index (χ0n) is 23.7. The van der Waals surface area contributed by atoms with Gasteiger partial charge in [0.1, 0.15) is 23.5 Å². The van der Waals surface area contributed by atoms with Gasteiger partial charge in [0.05, 0.1) is 17.9 Å². The molecule has 2 atom stereocenters.